The Morgan fingerprint density at radius 2 is 1.65 bits per heavy atom. The van der Waals surface area contributed by atoms with Gasteiger partial charge in [-0.2, -0.15) is 13.2 Å². The number of amides is 1. The molecule has 1 amide bonds. The molecule has 1 heterocycles. The number of nitrogens with one attached hydrogen (secondary N) is 1. The van der Waals surface area contributed by atoms with Crippen LogP contribution in [0.15, 0.2) is 69.9 Å². The van der Waals surface area contributed by atoms with Crippen LogP contribution in [-0.4, -0.2) is 19.6 Å². The lowest BCUT2D eigenvalue weighted by molar-refractivity contribution is -0.154. The van der Waals surface area contributed by atoms with Crippen molar-refractivity contribution in [3.8, 4) is 23.0 Å². The van der Waals surface area contributed by atoms with Gasteiger partial charge in [0.15, 0.2) is 6.61 Å². The molecule has 1 aromatic heterocycles. The summed E-state index contributed by atoms with van der Waals surface area (Å²) in [5, 5.41) is 2.57. The third-order valence-electron chi connectivity index (χ3n) is 5.61. The highest BCUT2D eigenvalue weighted by Crippen LogP contribution is 2.38. The SMILES string of the molecule is COc1ccc(Oc2c(C(F)(F)F)oc3cc(OCC(=O)Nc4cccc(C)c4C)ccc3c2=O)cc1. The number of fused-ring (bicyclic) bond motifs is 1. The normalized spacial score (nSPS) is 11.3. The van der Waals surface area contributed by atoms with Crippen molar-refractivity contribution in [3.63, 3.8) is 0 Å². The molecular weight excluding hydrogens is 491 g/mol. The Morgan fingerprint density at radius 3 is 2.32 bits per heavy atom. The van der Waals surface area contributed by atoms with Crippen molar-refractivity contribution in [2.75, 3.05) is 19.0 Å². The molecule has 1 N–H and O–H groups in total. The lowest BCUT2D eigenvalue weighted by Crippen LogP contribution is -2.21. The van der Waals surface area contributed by atoms with E-state index in [0.717, 1.165) is 17.2 Å². The molecule has 0 spiro atoms. The van der Waals surface area contributed by atoms with Gasteiger partial charge in [-0.3, -0.25) is 9.59 Å². The first-order valence-electron chi connectivity index (χ1n) is 11.1. The van der Waals surface area contributed by atoms with Crippen molar-refractivity contribution in [2.24, 2.45) is 0 Å². The van der Waals surface area contributed by atoms with Gasteiger partial charge in [-0.25, -0.2) is 0 Å². The quantitative estimate of drug-likeness (QED) is 0.315. The number of halogens is 3. The molecule has 0 bridgehead atoms. The number of aryl methyl sites for hydroxylation is 1. The number of anilines is 1. The summed E-state index contributed by atoms with van der Waals surface area (Å²) in [4.78, 5) is 25.3. The van der Waals surface area contributed by atoms with Gasteiger partial charge in [0.1, 0.15) is 22.8 Å². The molecule has 4 aromatic rings. The summed E-state index contributed by atoms with van der Waals surface area (Å²) in [5.74, 6) is -2.55. The third kappa shape index (κ3) is 5.69. The first kappa shape index (κ1) is 25.6. The van der Waals surface area contributed by atoms with Crippen LogP contribution < -0.4 is 25.0 Å². The molecule has 0 aliphatic heterocycles. The summed E-state index contributed by atoms with van der Waals surface area (Å²) >= 11 is 0. The molecule has 0 aliphatic rings. The zero-order chi connectivity index (χ0) is 26.7. The highest BCUT2D eigenvalue weighted by atomic mass is 19.4. The topological polar surface area (TPSA) is 87.0 Å². The number of hydrogen-bond donors (Lipinski definition) is 1. The number of ether oxygens (including phenoxy) is 3. The molecule has 0 fully saturated rings. The number of rotatable bonds is 7. The van der Waals surface area contributed by atoms with Gasteiger partial charge in [0.05, 0.1) is 12.5 Å². The van der Waals surface area contributed by atoms with Crippen LogP contribution in [0.2, 0.25) is 0 Å². The van der Waals surface area contributed by atoms with Crippen LogP contribution in [0.5, 0.6) is 23.0 Å². The van der Waals surface area contributed by atoms with E-state index in [1.807, 2.05) is 19.9 Å². The fraction of sp³-hybridized carbons (Fsp3) is 0.185. The van der Waals surface area contributed by atoms with Crippen LogP contribution >= 0.6 is 0 Å². The van der Waals surface area contributed by atoms with E-state index in [0.29, 0.717) is 11.4 Å². The van der Waals surface area contributed by atoms with E-state index in [-0.39, 0.29) is 22.5 Å². The van der Waals surface area contributed by atoms with Gasteiger partial charge in [-0.1, -0.05) is 12.1 Å². The largest absolute Gasteiger partial charge is 0.497 e. The predicted molar refractivity (Wildman–Crippen MR) is 131 cm³/mol. The summed E-state index contributed by atoms with van der Waals surface area (Å²) in [6, 6.07) is 14.9. The summed E-state index contributed by atoms with van der Waals surface area (Å²) < 4.78 is 62.2. The highest BCUT2D eigenvalue weighted by molar-refractivity contribution is 5.92. The molecule has 0 unspecified atom stereocenters. The predicted octanol–water partition coefficient (Wildman–Crippen LogP) is 6.25. The van der Waals surface area contributed by atoms with Crippen molar-refractivity contribution in [3.05, 3.63) is 87.8 Å². The molecule has 3 aromatic carbocycles. The summed E-state index contributed by atoms with van der Waals surface area (Å²) in [5.41, 5.74) is 1.14. The minimum atomic E-state index is -5.02. The second-order valence-corrected chi connectivity index (χ2v) is 8.11. The van der Waals surface area contributed by atoms with Gasteiger partial charge in [0.2, 0.25) is 11.2 Å². The molecule has 0 saturated carbocycles. The first-order chi connectivity index (χ1) is 17.6. The number of benzene rings is 3. The molecule has 0 atom stereocenters. The Morgan fingerprint density at radius 1 is 0.973 bits per heavy atom. The molecule has 0 aliphatic carbocycles. The minimum Gasteiger partial charge on any atom is -0.497 e. The van der Waals surface area contributed by atoms with Crippen LogP contribution in [0.25, 0.3) is 11.0 Å². The lowest BCUT2D eigenvalue weighted by atomic mass is 10.1. The number of hydrogen-bond acceptors (Lipinski definition) is 6. The molecule has 4 rings (SSSR count). The molecule has 192 valence electrons. The van der Waals surface area contributed by atoms with Crippen LogP contribution in [0.3, 0.4) is 0 Å². The molecule has 37 heavy (non-hydrogen) atoms. The van der Waals surface area contributed by atoms with E-state index < -0.39 is 35.6 Å². The Kier molecular flexibility index (Phi) is 7.10. The second-order valence-electron chi connectivity index (χ2n) is 8.11. The Balaban J connectivity index is 1.59. The van der Waals surface area contributed by atoms with Crippen molar-refractivity contribution < 1.29 is 36.6 Å². The maximum Gasteiger partial charge on any atom is 0.453 e. The standard InChI is InChI=1S/C27H22F3NO6/c1-15-5-4-6-21(16(15)2)31-23(32)14-35-19-11-12-20-22(13-19)37-26(27(28,29)30)25(24(20)33)36-18-9-7-17(34-3)8-10-18/h4-13H,14H2,1-3H3,(H,31,32). The minimum absolute atomic E-state index is 0.00670. The summed E-state index contributed by atoms with van der Waals surface area (Å²) in [6.45, 7) is 3.36. The van der Waals surface area contributed by atoms with Crippen molar-refractivity contribution in [2.45, 2.75) is 20.0 Å². The van der Waals surface area contributed by atoms with E-state index in [1.165, 1.54) is 43.5 Å². The van der Waals surface area contributed by atoms with Gasteiger partial charge < -0.3 is 23.9 Å². The third-order valence-corrected chi connectivity index (χ3v) is 5.61. The molecule has 7 nitrogen and oxygen atoms in total. The van der Waals surface area contributed by atoms with E-state index >= 15 is 0 Å². The molecule has 10 heteroatoms. The zero-order valence-corrected chi connectivity index (χ0v) is 20.1. The average Bonchev–Trinajstić information content (AvgIpc) is 2.86. The molecule has 0 saturated heterocycles. The first-order valence-corrected chi connectivity index (χ1v) is 11.1. The zero-order valence-electron chi connectivity index (χ0n) is 20.1. The Bertz CT molecular complexity index is 1510. The number of methoxy groups -OCH3 is 1. The number of carbonyl (C=O) groups excluding carboxylic acids is 1. The smallest absolute Gasteiger partial charge is 0.453 e. The fourth-order valence-electron chi connectivity index (χ4n) is 3.51. The van der Waals surface area contributed by atoms with Crippen LogP contribution in [0.4, 0.5) is 18.9 Å². The van der Waals surface area contributed by atoms with Gasteiger partial charge in [-0.15, -0.1) is 0 Å². The maximum atomic E-state index is 13.8. The maximum absolute atomic E-state index is 13.8. The van der Waals surface area contributed by atoms with E-state index in [4.69, 9.17) is 18.6 Å². The summed E-state index contributed by atoms with van der Waals surface area (Å²) in [7, 11) is 1.44. The van der Waals surface area contributed by atoms with Gasteiger partial charge >= 0.3 is 6.18 Å². The lowest BCUT2D eigenvalue weighted by Gasteiger charge is -2.14. The summed E-state index contributed by atoms with van der Waals surface area (Å²) in [6.07, 6.45) is -5.02. The Hall–Kier alpha value is -4.47. The average molecular weight is 513 g/mol. The van der Waals surface area contributed by atoms with E-state index in [2.05, 4.69) is 5.32 Å². The monoisotopic (exact) mass is 513 g/mol. The van der Waals surface area contributed by atoms with Crippen molar-refractivity contribution in [1.82, 2.24) is 0 Å². The van der Waals surface area contributed by atoms with Crippen LogP contribution in [0, 0.1) is 13.8 Å². The van der Waals surface area contributed by atoms with E-state index in [1.54, 1.807) is 12.1 Å². The van der Waals surface area contributed by atoms with Gasteiger partial charge in [0.25, 0.3) is 11.7 Å². The van der Waals surface area contributed by atoms with Crippen LogP contribution in [0.1, 0.15) is 16.9 Å². The van der Waals surface area contributed by atoms with E-state index in [9.17, 15) is 22.8 Å². The second kappa shape index (κ2) is 10.3. The molecule has 0 radical (unpaired) electrons. The van der Waals surface area contributed by atoms with Gasteiger partial charge in [0, 0.05) is 11.8 Å². The van der Waals surface area contributed by atoms with Crippen LogP contribution in [-0.2, 0) is 11.0 Å². The van der Waals surface area contributed by atoms with Crippen molar-refractivity contribution in [1.29, 1.82) is 0 Å². The fourth-order valence-corrected chi connectivity index (χ4v) is 3.51. The molecular formula is C27H22F3NO6. The highest BCUT2D eigenvalue weighted by Gasteiger charge is 2.40. The Labute approximate surface area is 209 Å². The number of alkyl halides is 3. The van der Waals surface area contributed by atoms with Gasteiger partial charge in [-0.05, 0) is 67.4 Å². The number of carbonyl (C=O) groups is 1. The van der Waals surface area contributed by atoms with Crippen molar-refractivity contribution >= 4 is 22.6 Å².